The number of halogens is 1. The number of anilines is 1. The normalized spacial score (nSPS) is 16.7. The molecule has 1 atom stereocenters. The number of aromatic amines is 1. The lowest BCUT2D eigenvalue weighted by Gasteiger charge is -2.15. The highest BCUT2D eigenvalue weighted by atomic mass is 35.5. The molecule has 26 heavy (non-hydrogen) atoms. The van der Waals surface area contributed by atoms with Crippen molar-refractivity contribution in [3.05, 3.63) is 59.0 Å². The van der Waals surface area contributed by atoms with E-state index in [9.17, 15) is 0 Å². The Morgan fingerprint density at radius 2 is 2.04 bits per heavy atom. The lowest BCUT2D eigenvalue weighted by atomic mass is 10.0. The van der Waals surface area contributed by atoms with Gasteiger partial charge < -0.3 is 10.5 Å². The number of ether oxygens (including phenoxy) is 1. The van der Waals surface area contributed by atoms with Crippen molar-refractivity contribution in [3.63, 3.8) is 0 Å². The summed E-state index contributed by atoms with van der Waals surface area (Å²) in [5.74, 6) is 2.66. The fraction of sp³-hybridized carbons (Fsp3) is 0.200. The zero-order valence-corrected chi connectivity index (χ0v) is 15.3. The number of pyridine rings is 1. The second-order valence-electron chi connectivity index (χ2n) is 6.56. The summed E-state index contributed by atoms with van der Waals surface area (Å²) < 4.78 is 5.98. The van der Waals surface area contributed by atoms with Crippen LogP contribution in [0.5, 0.6) is 5.75 Å². The number of hydrogen-bond acceptors (Lipinski definition) is 4. The van der Waals surface area contributed by atoms with Crippen LogP contribution in [-0.4, -0.2) is 15.2 Å². The third-order valence-electron chi connectivity index (χ3n) is 4.55. The molecule has 1 unspecified atom stereocenters. The Bertz CT molecular complexity index is 1030. The van der Waals surface area contributed by atoms with Crippen LogP contribution in [0.1, 0.15) is 18.9 Å². The van der Waals surface area contributed by atoms with E-state index < -0.39 is 0 Å². The van der Waals surface area contributed by atoms with Crippen LogP contribution in [-0.2, 0) is 0 Å². The highest BCUT2D eigenvalue weighted by molar-refractivity contribution is 6.31. The molecule has 0 saturated heterocycles. The standard InChI is InChI=1S/C20H19ClN4O/c1-11-4-3-5-15(10-11)26-14-8-6-13(7-9-14)18-16-17(24-25-20(16)22)12(2)19(21)23-18/h3-9,11H,10H2,1-2H3,(H3,22,24,25). The van der Waals surface area contributed by atoms with E-state index in [0.717, 1.165) is 40.0 Å². The molecular formula is C20H19ClN4O. The van der Waals surface area contributed by atoms with Crippen LogP contribution in [0.25, 0.3) is 22.2 Å². The Morgan fingerprint density at radius 3 is 2.77 bits per heavy atom. The van der Waals surface area contributed by atoms with Crippen molar-refractivity contribution in [3.8, 4) is 17.0 Å². The lowest BCUT2D eigenvalue weighted by Crippen LogP contribution is -2.03. The van der Waals surface area contributed by atoms with Crippen LogP contribution in [0, 0.1) is 12.8 Å². The molecule has 1 aliphatic carbocycles. The first-order valence-electron chi connectivity index (χ1n) is 8.48. The molecule has 5 nitrogen and oxygen atoms in total. The van der Waals surface area contributed by atoms with E-state index in [1.807, 2.05) is 43.3 Å². The Morgan fingerprint density at radius 1 is 1.27 bits per heavy atom. The van der Waals surface area contributed by atoms with Crippen molar-refractivity contribution in [2.75, 3.05) is 5.73 Å². The molecule has 1 aromatic carbocycles. The van der Waals surface area contributed by atoms with Gasteiger partial charge in [0, 0.05) is 17.5 Å². The molecule has 1 aliphatic rings. The van der Waals surface area contributed by atoms with Gasteiger partial charge in [-0.05, 0) is 43.2 Å². The monoisotopic (exact) mass is 366 g/mol. The summed E-state index contributed by atoms with van der Waals surface area (Å²) in [7, 11) is 0. The summed E-state index contributed by atoms with van der Waals surface area (Å²) in [6.45, 7) is 4.06. The number of nitrogens with zero attached hydrogens (tertiary/aromatic N) is 2. The van der Waals surface area contributed by atoms with E-state index in [2.05, 4.69) is 28.2 Å². The Balaban J connectivity index is 1.69. The predicted octanol–water partition coefficient (Wildman–Crippen LogP) is 5.03. The number of aromatic nitrogens is 3. The highest BCUT2D eigenvalue weighted by Gasteiger charge is 2.17. The third kappa shape index (κ3) is 2.95. The number of hydrogen-bond donors (Lipinski definition) is 2. The van der Waals surface area contributed by atoms with Crippen molar-refractivity contribution >= 4 is 28.3 Å². The molecule has 0 spiro atoms. The van der Waals surface area contributed by atoms with Gasteiger partial charge in [0.25, 0.3) is 0 Å². The van der Waals surface area contributed by atoms with Gasteiger partial charge in [-0.25, -0.2) is 4.98 Å². The summed E-state index contributed by atoms with van der Waals surface area (Å²) in [5, 5.41) is 8.26. The van der Waals surface area contributed by atoms with Gasteiger partial charge in [0.2, 0.25) is 0 Å². The first kappa shape index (κ1) is 16.7. The van der Waals surface area contributed by atoms with Crippen LogP contribution < -0.4 is 10.5 Å². The largest absolute Gasteiger partial charge is 0.462 e. The van der Waals surface area contributed by atoms with E-state index in [1.54, 1.807) is 0 Å². The van der Waals surface area contributed by atoms with Crippen LogP contribution in [0.4, 0.5) is 5.82 Å². The molecule has 4 rings (SSSR count). The quantitative estimate of drug-likeness (QED) is 0.637. The minimum Gasteiger partial charge on any atom is -0.462 e. The summed E-state index contributed by atoms with van der Waals surface area (Å²) in [4.78, 5) is 4.52. The number of nitrogens with one attached hydrogen (secondary N) is 1. The SMILES string of the molecule is Cc1c(Cl)nc(-c2ccc(OC3=CC=CC(C)C3)cc2)c2c(N)n[nH]c12. The molecule has 2 heterocycles. The smallest absolute Gasteiger partial charge is 0.155 e. The van der Waals surface area contributed by atoms with E-state index in [4.69, 9.17) is 22.1 Å². The van der Waals surface area contributed by atoms with E-state index >= 15 is 0 Å². The van der Waals surface area contributed by atoms with Gasteiger partial charge in [0.1, 0.15) is 16.7 Å². The zero-order valence-electron chi connectivity index (χ0n) is 14.6. The Labute approximate surface area is 156 Å². The van der Waals surface area contributed by atoms with E-state index in [1.165, 1.54) is 0 Å². The Kier molecular flexibility index (Phi) is 4.17. The molecule has 2 aromatic heterocycles. The van der Waals surface area contributed by atoms with Crippen molar-refractivity contribution in [2.45, 2.75) is 20.3 Å². The van der Waals surface area contributed by atoms with Gasteiger partial charge in [0.05, 0.1) is 16.6 Å². The maximum atomic E-state index is 6.29. The van der Waals surface area contributed by atoms with Gasteiger partial charge in [-0.3, -0.25) is 5.10 Å². The molecule has 0 saturated carbocycles. The fourth-order valence-electron chi connectivity index (χ4n) is 3.13. The summed E-state index contributed by atoms with van der Waals surface area (Å²) >= 11 is 6.29. The lowest BCUT2D eigenvalue weighted by molar-refractivity contribution is 0.385. The van der Waals surface area contributed by atoms with Crippen molar-refractivity contribution in [1.29, 1.82) is 0 Å². The van der Waals surface area contributed by atoms with Gasteiger partial charge >= 0.3 is 0 Å². The molecule has 3 aromatic rings. The van der Waals surface area contributed by atoms with Crippen molar-refractivity contribution in [2.24, 2.45) is 5.92 Å². The number of rotatable bonds is 3. The second kappa shape index (κ2) is 6.50. The van der Waals surface area contributed by atoms with Crippen LogP contribution in [0.15, 0.2) is 48.3 Å². The molecule has 0 fully saturated rings. The van der Waals surface area contributed by atoms with Gasteiger partial charge in [-0.2, -0.15) is 5.10 Å². The summed E-state index contributed by atoms with van der Waals surface area (Å²) in [5.41, 5.74) is 9.30. The van der Waals surface area contributed by atoms with Crippen LogP contribution in [0.3, 0.4) is 0 Å². The maximum Gasteiger partial charge on any atom is 0.155 e. The van der Waals surface area contributed by atoms with Gasteiger partial charge in [-0.1, -0.05) is 30.7 Å². The third-order valence-corrected chi connectivity index (χ3v) is 4.92. The average Bonchev–Trinajstić information content (AvgIpc) is 3.01. The molecular weight excluding hydrogens is 348 g/mol. The summed E-state index contributed by atoms with van der Waals surface area (Å²) in [6.07, 6.45) is 7.11. The predicted molar refractivity (Wildman–Crippen MR) is 105 cm³/mol. The number of benzene rings is 1. The molecule has 0 radical (unpaired) electrons. The van der Waals surface area contributed by atoms with Crippen molar-refractivity contribution in [1.82, 2.24) is 15.2 Å². The van der Waals surface area contributed by atoms with E-state index in [0.29, 0.717) is 22.6 Å². The topological polar surface area (TPSA) is 76.8 Å². The highest BCUT2D eigenvalue weighted by Crippen LogP contribution is 2.35. The number of aryl methyl sites for hydroxylation is 1. The molecule has 3 N–H and O–H groups in total. The zero-order chi connectivity index (χ0) is 18.3. The number of H-pyrrole nitrogens is 1. The first-order chi connectivity index (χ1) is 12.5. The van der Waals surface area contributed by atoms with Crippen LogP contribution >= 0.6 is 11.6 Å². The Hall–Kier alpha value is -2.79. The number of fused-ring (bicyclic) bond motifs is 1. The maximum absolute atomic E-state index is 6.29. The fourth-order valence-corrected chi connectivity index (χ4v) is 3.31. The van der Waals surface area contributed by atoms with Gasteiger partial charge in [0.15, 0.2) is 5.82 Å². The number of allylic oxidation sites excluding steroid dienone is 4. The molecule has 0 aliphatic heterocycles. The molecule has 132 valence electrons. The van der Waals surface area contributed by atoms with E-state index in [-0.39, 0.29) is 0 Å². The number of nitrogen functional groups attached to an aromatic ring is 1. The molecule has 6 heteroatoms. The second-order valence-corrected chi connectivity index (χ2v) is 6.92. The number of nitrogens with two attached hydrogens (primary N) is 1. The molecule has 0 amide bonds. The summed E-state index contributed by atoms with van der Waals surface area (Å²) in [6, 6.07) is 7.77. The minimum absolute atomic E-state index is 0.413. The van der Waals surface area contributed by atoms with Crippen LogP contribution in [0.2, 0.25) is 5.15 Å². The average molecular weight is 367 g/mol. The minimum atomic E-state index is 0.413. The first-order valence-corrected chi connectivity index (χ1v) is 8.86. The van der Waals surface area contributed by atoms with Crippen molar-refractivity contribution < 1.29 is 4.74 Å². The van der Waals surface area contributed by atoms with Gasteiger partial charge in [-0.15, -0.1) is 0 Å². The molecule has 0 bridgehead atoms.